The van der Waals surface area contributed by atoms with E-state index in [-0.39, 0.29) is 6.04 Å². The number of imidazole rings is 1. The molecule has 1 aromatic heterocycles. The van der Waals surface area contributed by atoms with E-state index < -0.39 is 0 Å². The summed E-state index contributed by atoms with van der Waals surface area (Å²) >= 11 is 0. The fraction of sp³-hybridized carbons (Fsp3) is 0.417. The van der Waals surface area contributed by atoms with Crippen LogP contribution in [-0.2, 0) is 7.05 Å². The highest BCUT2D eigenvalue weighted by atomic mass is 16.6. The van der Waals surface area contributed by atoms with Gasteiger partial charge in [0.15, 0.2) is 11.5 Å². The molecule has 0 radical (unpaired) electrons. The molecule has 0 spiro atoms. The summed E-state index contributed by atoms with van der Waals surface area (Å²) < 4.78 is 13.1. The van der Waals surface area contributed by atoms with E-state index in [1.54, 1.807) is 0 Å². The van der Waals surface area contributed by atoms with Crippen molar-refractivity contribution in [1.82, 2.24) is 9.55 Å². The molecule has 3 rings (SSSR count). The van der Waals surface area contributed by atoms with Gasteiger partial charge in [-0.2, -0.15) is 0 Å². The summed E-state index contributed by atoms with van der Waals surface area (Å²) in [6.07, 6.45) is 0. The van der Waals surface area contributed by atoms with Crippen molar-refractivity contribution < 1.29 is 9.47 Å². The molecular weight excluding hydrogens is 218 g/mol. The van der Waals surface area contributed by atoms with Crippen molar-refractivity contribution in [2.75, 3.05) is 13.2 Å². The highest BCUT2D eigenvalue weighted by Gasteiger charge is 2.17. The molecule has 5 nitrogen and oxygen atoms in total. The molecule has 2 heterocycles. The molecular formula is C12H15N3O2. The van der Waals surface area contributed by atoms with Gasteiger partial charge in [-0.05, 0) is 6.92 Å². The van der Waals surface area contributed by atoms with Crippen LogP contribution in [0.3, 0.4) is 0 Å². The number of fused-ring (bicyclic) bond motifs is 2. The second-order valence-electron chi connectivity index (χ2n) is 4.30. The van der Waals surface area contributed by atoms with Crippen LogP contribution in [0.1, 0.15) is 18.8 Å². The van der Waals surface area contributed by atoms with E-state index in [4.69, 9.17) is 15.2 Å². The molecule has 2 N–H and O–H groups in total. The predicted octanol–water partition coefficient (Wildman–Crippen LogP) is 1.36. The first kappa shape index (κ1) is 10.4. The molecule has 0 saturated carbocycles. The third kappa shape index (κ3) is 1.54. The minimum absolute atomic E-state index is 0.0914. The molecule has 0 aliphatic carbocycles. The van der Waals surface area contributed by atoms with Crippen LogP contribution in [-0.4, -0.2) is 22.8 Å². The van der Waals surface area contributed by atoms with E-state index in [0.29, 0.717) is 13.2 Å². The molecule has 5 heteroatoms. The number of aryl methyl sites for hydroxylation is 1. The summed E-state index contributed by atoms with van der Waals surface area (Å²) in [7, 11) is 1.96. The highest BCUT2D eigenvalue weighted by molar-refractivity contribution is 5.80. The number of benzene rings is 1. The van der Waals surface area contributed by atoms with Crippen LogP contribution < -0.4 is 15.2 Å². The van der Waals surface area contributed by atoms with Crippen LogP contribution >= 0.6 is 0 Å². The molecule has 1 atom stereocenters. The van der Waals surface area contributed by atoms with Gasteiger partial charge in [-0.1, -0.05) is 0 Å². The second kappa shape index (κ2) is 3.63. The Labute approximate surface area is 99.1 Å². The molecule has 0 saturated heterocycles. The van der Waals surface area contributed by atoms with Crippen molar-refractivity contribution in [3.8, 4) is 11.5 Å². The van der Waals surface area contributed by atoms with Gasteiger partial charge in [0.1, 0.15) is 19.0 Å². The van der Waals surface area contributed by atoms with Crippen LogP contribution in [0.4, 0.5) is 0 Å². The first-order valence-electron chi connectivity index (χ1n) is 5.68. The first-order chi connectivity index (χ1) is 8.16. The fourth-order valence-corrected chi connectivity index (χ4v) is 2.15. The van der Waals surface area contributed by atoms with Crippen molar-refractivity contribution in [2.24, 2.45) is 12.8 Å². The smallest absolute Gasteiger partial charge is 0.163 e. The third-order valence-electron chi connectivity index (χ3n) is 2.99. The van der Waals surface area contributed by atoms with Crippen LogP contribution in [0.25, 0.3) is 11.0 Å². The summed E-state index contributed by atoms with van der Waals surface area (Å²) in [4.78, 5) is 4.52. The van der Waals surface area contributed by atoms with Crippen molar-refractivity contribution in [1.29, 1.82) is 0 Å². The van der Waals surface area contributed by atoms with E-state index in [1.165, 1.54) is 0 Å². The zero-order chi connectivity index (χ0) is 12.0. The van der Waals surface area contributed by atoms with Gasteiger partial charge in [0.2, 0.25) is 0 Å². The Morgan fingerprint density at radius 2 is 1.94 bits per heavy atom. The molecule has 0 bridgehead atoms. The number of aromatic nitrogens is 2. The van der Waals surface area contributed by atoms with Crippen LogP contribution in [0.5, 0.6) is 11.5 Å². The van der Waals surface area contributed by atoms with Crippen molar-refractivity contribution in [3.05, 3.63) is 18.0 Å². The Kier molecular flexibility index (Phi) is 2.22. The molecule has 17 heavy (non-hydrogen) atoms. The number of hydrogen-bond donors (Lipinski definition) is 1. The van der Waals surface area contributed by atoms with Crippen molar-refractivity contribution in [3.63, 3.8) is 0 Å². The minimum atomic E-state index is -0.0914. The maximum absolute atomic E-state index is 5.89. The van der Waals surface area contributed by atoms with Gasteiger partial charge < -0.3 is 19.8 Å². The summed E-state index contributed by atoms with van der Waals surface area (Å²) in [6.45, 7) is 3.11. The molecule has 90 valence electrons. The monoisotopic (exact) mass is 233 g/mol. The van der Waals surface area contributed by atoms with Gasteiger partial charge in [0.25, 0.3) is 0 Å². The topological polar surface area (TPSA) is 62.3 Å². The average Bonchev–Trinajstić information content (AvgIpc) is 2.64. The lowest BCUT2D eigenvalue weighted by Crippen LogP contribution is -2.15. The lowest BCUT2D eigenvalue weighted by molar-refractivity contribution is 0.172. The zero-order valence-corrected chi connectivity index (χ0v) is 9.93. The zero-order valence-electron chi connectivity index (χ0n) is 9.93. The van der Waals surface area contributed by atoms with E-state index >= 15 is 0 Å². The number of nitrogens with zero attached hydrogens (tertiary/aromatic N) is 2. The fourth-order valence-electron chi connectivity index (χ4n) is 2.15. The number of hydrogen-bond acceptors (Lipinski definition) is 4. The van der Waals surface area contributed by atoms with Gasteiger partial charge >= 0.3 is 0 Å². The molecule has 1 unspecified atom stereocenters. The van der Waals surface area contributed by atoms with Gasteiger partial charge in [0.05, 0.1) is 17.1 Å². The summed E-state index contributed by atoms with van der Waals surface area (Å²) in [6, 6.07) is 3.78. The minimum Gasteiger partial charge on any atom is -0.486 e. The Bertz CT molecular complexity index is 575. The van der Waals surface area contributed by atoms with E-state index in [9.17, 15) is 0 Å². The van der Waals surface area contributed by atoms with Gasteiger partial charge in [0, 0.05) is 19.2 Å². The summed E-state index contributed by atoms with van der Waals surface area (Å²) in [5, 5.41) is 0. The molecule has 0 fully saturated rings. The lowest BCUT2D eigenvalue weighted by Gasteiger charge is -2.18. The van der Waals surface area contributed by atoms with Gasteiger partial charge in [-0.3, -0.25) is 0 Å². The SMILES string of the molecule is CC(N)c1nc2cc3c(cc2n1C)OCCO3. The number of ether oxygens (including phenoxy) is 2. The number of nitrogens with two attached hydrogens (primary N) is 1. The van der Waals surface area contributed by atoms with Crippen molar-refractivity contribution >= 4 is 11.0 Å². The Morgan fingerprint density at radius 3 is 2.59 bits per heavy atom. The predicted molar refractivity (Wildman–Crippen MR) is 64.3 cm³/mol. The summed E-state index contributed by atoms with van der Waals surface area (Å²) in [5.41, 5.74) is 7.79. The standard InChI is InChI=1S/C12H15N3O2/c1-7(13)12-14-8-5-10-11(17-4-3-16-10)6-9(8)15(12)2/h5-7H,3-4,13H2,1-2H3. The Balaban J connectivity index is 2.23. The molecule has 2 aromatic rings. The largest absolute Gasteiger partial charge is 0.486 e. The number of rotatable bonds is 1. The van der Waals surface area contributed by atoms with Crippen LogP contribution in [0.2, 0.25) is 0 Å². The normalized spacial score (nSPS) is 16.2. The van der Waals surface area contributed by atoms with Gasteiger partial charge in [-0.25, -0.2) is 4.98 Å². The third-order valence-corrected chi connectivity index (χ3v) is 2.99. The van der Waals surface area contributed by atoms with E-state index in [1.807, 2.05) is 30.7 Å². The molecule has 0 amide bonds. The molecule has 1 aliphatic heterocycles. The highest BCUT2D eigenvalue weighted by Crippen LogP contribution is 2.34. The quantitative estimate of drug-likeness (QED) is 0.808. The maximum atomic E-state index is 5.89. The van der Waals surface area contributed by atoms with Crippen LogP contribution in [0.15, 0.2) is 12.1 Å². The lowest BCUT2D eigenvalue weighted by atomic mass is 10.2. The van der Waals surface area contributed by atoms with Gasteiger partial charge in [-0.15, -0.1) is 0 Å². The molecule has 1 aliphatic rings. The second-order valence-corrected chi connectivity index (χ2v) is 4.30. The molecule has 1 aromatic carbocycles. The van der Waals surface area contributed by atoms with E-state index in [0.717, 1.165) is 28.4 Å². The maximum Gasteiger partial charge on any atom is 0.163 e. The Hall–Kier alpha value is -1.75. The van der Waals surface area contributed by atoms with E-state index in [2.05, 4.69) is 4.98 Å². The van der Waals surface area contributed by atoms with Crippen molar-refractivity contribution in [2.45, 2.75) is 13.0 Å². The first-order valence-corrected chi connectivity index (χ1v) is 5.68. The summed E-state index contributed by atoms with van der Waals surface area (Å²) in [5.74, 6) is 2.41. The Morgan fingerprint density at radius 1 is 1.29 bits per heavy atom. The van der Waals surface area contributed by atoms with Crippen LogP contribution in [0, 0.1) is 0 Å². The average molecular weight is 233 g/mol.